The first kappa shape index (κ1) is 7.28. The molecule has 56 valence electrons. The van der Waals surface area contributed by atoms with Crippen molar-refractivity contribution in [2.24, 2.45) is 7.05 Å². The highest BCUT2D eigenvalue weighted by atomic mass is 16.3. The Morgan fingerprint density at radius 1 is 1.80 bits per heavy atom. The van der Waals surface area contributed by atoms with Crippen molar-refractivity contribution in [2.75, 3.05) is 0 Å². The van der Waals surface area contributed by atoms with Gasteiger partial charge in [-0.05, 0) is 6.42 Å². The third-order valence-corrected chi connectivity index (χ3v) is 1.58. The van der Waals surface area contributed by atoms with Crippen molar-refractivity contribution in [3.63, 3.8) is 0 Å². The minimum atomic E-state index is -0.368. The number of hydrogen-bond donors (Lipinski definition) is 1. The van der Waals surface area contributed by atoms with Gasteiger partial charge in [0.05, 0.1) is 24.3 Å². The molecule has 3 nitrogen and oxygen atoms in total. The summed E-state index contributed by atoms with van der Waals surface area (Å²) in [6.45, 7) is 1.94. The smallest absolute Gasteiger partial charge is 0.0953 e. The van der Waals surface area contributed by atoms with Crippen LogP contribution in [0.5, 0.6) is 0 Å². The Labute approximate surface area is 60.3 Å². The Morgan fingerprint density at radius 2 is 2.50 bits per heavy atom. The fourth-order valence-corrected chi connectivity index (χ4v) is 0.898. The minimum absolute atomic E-state index is 0.368. The second kappa shape index (κ2) is 2.84. The third-order valence-electron chi connectivity index (χ3n) is 1.58. The number of hydrogen-bond acceptors (Lipinski definition) is 2. The maximum Gasteiger partial charge on any atom is 0.0953 e. The molecule has 1 rings (SSSR count). The van der Waals surface area contributed by atoms with Gasteiger partial charge in [0.1, 0.15) is 0 Å². The Kier molecular flexibility index (Phi) is 2.06. The normalized spacial score (nSPS) is 13.5. The Morgan fingerprint density at radius 3 is 2.90 bits per heavy atom. The van der Waals surface area contributed by atoms with E-state index < -0.39 is 0 Å². The molecule has 1 aromatic rings. The summed E-state index contributed by atoms with van der Waals surface area (Å²) in [6.07, 6.45) is 3.74. The lowest BCUT2D eigenvalue weighted by molar-refractivity contribution is 0.165. The highest BCUT2D eigenvalue weighted by Crippen LogP contribution is 2.13. The van der Waals surface area contributed by atoms with Gasteiger partial charge < -0.3 is 9.67 Å². The van der Waals surface area contributed by atoms with Gasteiger partial charge in [-0.1, -0.05) is 6.92 Å². The molecule has 1 heterocycles. The quantitative estimate of drug-likeness (QED) is 0.661. The largest absolute Gasteiger partial charge is 0.387 e. The van der Waals surface area contributed by atoms with E-state index in [1.54, 1.807) is 12.5 Å². The van der Waals surface area contributed by atoms with Gasteiger partial charge in [0, 0.05) is 7.05 Å². The molecule has 0 radical (unpaired) electrons. The van der Waals surface area contributed by atoms with Crippen LogP contribution in [0.4, 0.5) is 0 Å². The van der Waals surface area contributed by atoms with Crippen LogP contribution in [0.1, 0.15) is 25.1 Å². The molecule has 0 spiro atoms. The average Bonchev–Trinajstić information content (AvgIpc) is 2.34. The summed E-state index contributed by atoms with van der Waals surface area (Å²) in [4.78, 5) is 3.89. The molecular formula is C7H12N2O. The molecule has 0 aliphatic carbocycles. The molecule has 0 saturated heterocycles. The van der Waals surface area contributed by atoms with E-state index in [1.807, 2.05) is 18.5 Å². The molecule has 0 fully saturated rings. The second-order valence-electron chi connectivity index (χ2n) is 2.35. The fraction of sp³-hybridized carbons (Fsp3) is 0.571. The van der Waals surface area contributed by atoms with E-state index in [0.29, 0.717) is 0 Å². The predicted molar refractivity (Wildman–Crippen MR) is 38.5 cm³/mol. The fourth-order valence-electron chi connectivity index (χ4n) is 0.898. The van der Waals surface area contributed by atoms with Gasteiger partial charge in [0.15, 0.2) is 0 Å². The SMILES string of the molecule is CC[C@@H](O)c1cncn1C. The molecule has 10 heavy (non-hydrogen) atoms. The Balaban J connectivity index is 2.82. The molecule has 0 aromatic carbocycles. The zero-order valence-electron chi connectivity index (χ0n) is 6.28. The van der Waals surface area contributed by atoms with Gasteiger partial charge in [-0.15, -0.1) is 0 Å². The lowest BCUT2D eigenvalue weighted by Crippen LogP contribution is -2.01. The van der Waals surface area contributed by atoms with E-state index >= 15 is 0 Å². The van der Waals surface area contributed by atoms with Gasteiger partial charge >= 0.3 is 0 Å². The van der Waals surface area contributed by atoms with E-state index in [-0.39, 0.29) is 6.10 Å². The van der Waals surface area contributed by atoms with Crippen molar-refractivity contribution in [2.45, 2.75) is 19.4 Å². The number of aromatic nitrogens is 2. The predicted octanol–water partition coefficient (Wildman–Crippen LogP) is 0.863. The molecule has 1 atom stereocenters. The number of aryl methyl sites for hydroxylation is 1. The average molecular weight is 140 g/mol. The van der Waals surface area contributed by atoms with Crippen LogP contribution in [0.3, 0.4) is 0 Å². The number of rotatable bonds is 2. The van der Waals surface area contributed by atoms with Crippen LogP contribution >= 0.6 is 0 Å². The summed E-state index contributed by atoms with van der Waals surface area (Å²) < 4.78 is 1.83. The maximum atomic E-state index is 9.34. The monoisotopic (exact) mass is 140 g/mol. The Bertz CT molecular complexity index is 207. The topological polar surface area (TPSA) is 38.1 Å². The van der Waals surface area contributed by atoms with Crippen LogP contribution in [0.2, 0.25) is 0 Å². The molecule has 0 saturated carbocycles. The van der Waals surface area contributed by atoms with Crippen molar-refractivity contribution >= 4 is 0 Å². The Hall–Kier alpha value is -0.830. The summed E-state index contributed by atoms with van der Waals surface area (Å²) in [6, 6.07) is 0. The molecule has 0 aliphatic heterocycles. The summed E-state index contributed by atoms with van der Waals surface area (Å²) >= 11 is 0. The van der Waals surface area contributed by atoms with Gasteiger partial charge in [0.25, 0.3) is 0 Å². The van der Waals surface area contributed by atoms with E-state index in [1.165, 1.54) is 0 Å². The van der Waals surface area contributed by atoms with E-state index in [0.717, 1.165) is 12.1 Å². The van der Waals surface area contributed by atoms with Crippen LogP contribution in [-0.4, -0.2) is 14.7 Å². The molecule has 0 bridgehead atoms. The van der Waals surface area contributed by atoms with E-state index in [2.05, 4.69) is 4.98 Å². The molecular weight excluding hydrogens is 128 g/mol. The van der Waals surface area contributed by atoms with Crippen molar-refractivity contribution in [3.8, 4) is 0 Å². The zero-order chi connectivity index (χ0) is 7.56. The first-order chi connectivity index (χ1) is 4.75. The van der Waals surface area contributed by atoms with Gasteiger partial charge in [0.2, 0.25) is 0 Å². The second-order valence-corrected chi connectivity index (χ2v) is 2.35. The summed E-state index contributed by atoms with van der Waals surface area (Å²) in [5.41, 5.74) is 0.877. The molecule has 0 unspecified atom stereocenters. The molecule has 3 heteroatoms. The van der Waals surface area contributed by atoms with Gasteiger partial charge in [-0.25, -0.2) is 4.98 Å². The van der Waals surface area contributed by atoms with Crippen molar-refractivity contribution in [1.82, 2.24) is 9.55 Å². The third kappa shape index (κ3) is 1.19. The summed E-state index contributed by atoms with van der Waals surface area (Å²) in [7, 11) is 1.88. The maximum absolute atomic E-state index is 9.34. The number of imidazole rings is 1. The first-order valence-electron chi connectivity index (χ1n) is 3.40. The van der Waals surface area contributed by atoms with Gasteiger partial charge in [-0.2, -0.15) is 0 Å². The molecule has 0 aliphatic rings. The van der Waals surface area contributed by atoms with Crippen LogP contribution in [0.15, 0.2) is 12.5 Å². The highest BCUT2D eigenvalue weighted by Gasteiger charge is 2.06. The number of nitrogens with zero attached hydrogens (tertiary/aromatic N) is 2. The van der Waals surface area contributed by atoms with Crippen LogP contribution in [-0.2, 0) is 7.05 Å². The zero-order valence-corrected chi connectivity index (χ0v) is 6.28. The standard InChI is InChI=1S/C7H12N2O/c1-3-7(10)6-4-8-5-9(6)2/h4-5,7,10H,3H2,1-2H3/t7-/m1/s1. The molecule has 1 aromatic heterocycles. The molecule has 0 amide bonds. The van der Waals surface area contributed by atoms with Crippen LogP contribution < -0.4 is 0 Å². The molecule has 1 N–H and O–H groups in total. The number of aliphatic hydroxyl groups excluding tert-OH is 1. The van der Waals surface area contributed by atoms with Gasteiger partial charge in [-0.3, -0.25) is 0 Å². The summed E-state index contributed by atoms with van der Waals surface area (Å²) in [5.74, 6) is 0. The van der Waals surface area contributed by atoms with Crippen molar-refractivity contribution < 1.29 is 5.11 Å². The van der Waals surface area contributed by atoms with E-state index in [9.17, 15) is 5.11 Å². The number of aliphatic hydroxyl groups is 1. The summed E-state index contributed by atoms with van der Waals surface area (Å²) in [5, 5.41) is 9.34. The van der Waals surface area contributed by atoms with Crippen LogP contribution in [0.25, 0.3) is 0 Å². The van der Waals surface area contributed by atoms with Crippen molar-refractivity contribution in [3.05, 3.63) is 18.2 Å². The minimum Gasteiger partial charge on any atom is -0.387 e. The highest BCUT2D eigenvalue weighted by molar-refractivity contribution is 5.00. The van der Waals surface area contributed by atoms with Crippen molar-refractivity contribution in [1.29, 1.82) is 0 Å². The lowest BCUT2D eigenvalue weighted by atomic mass is 10.2. The van der Waals surface area contributed by atoms with Crippen LogP contribution in [0, 0.1) is 0 Å². The lowest BCUT2D eigenvalue weighted by Gasteiger charge is -2.06. The van der Waals surface area contributed by atoms with E-state index in [4.69, 9.17) is 0 Å². The first-order valence-corrected chi connectivity index (χ1v) is 3.40.